The highest BCUT2D eigenvalue weighted by atomic mass is 19.1. The molecule has 0 atom stereocenters. The minimum absolute atomic E-state index is 0.0269. The molecule has 0 aliphatic carbocycles. The van der Waals surface area contributed by atoms with E-state index in [0.29, 0.717) is 0 Å². The van der Waals surface area contributed by atoms with E-state index in [2.05, 4.69) is 15.6 Å². The Morgan fingerprint density at radius 3 is 2.42 bits per heavy atom. The number of benzene rings is 1. The lowest BCUT2D eigenvalue weighted by atomic mass is 10.3. The van der Waals surface area contributed by atoms with Crippen molar-refractivity contribution < 1.29 is 28.2 Å². The summed E-state index contributed by atoms with van der Waals surface area (Å²) in [5.41, 5.74) is -0.695. The number of amides is 1. The van der Waals surface area contributed by atoms with Crippen molar-refractivity contribution in [2.45, 2.75) is 20.4 Å². The summed E-state index contributed by atoms with van der Waals surface area (Å²) >= 11 is 0. The van der Waals surface area contributed by atoms with Crippen LogP contribution in [0, 0.1) is 5.82 Å². The fraction of sp³-hybridized carbons (Fsp3) is 0.312. The normalized spacial score (nSPS) is 10.3. The molecule has 1 aromatic heterocycles. The molecule has 1 amide bonds. The Morgan fingerprint density at radius 1 is 1.12 bits per heavy atom. The standard InChI is InChI=1S/C16H17FN4O5/c1-3-25-15(23)13-14(16(24)26-4-2)21(20-19-13)9-12(22)18-11-8-6-5-7-10(11)17/h5-8H,3-4,9H2,1-2H3,(H,18,22). The van der Waals surface area contributed by atoms with Crippen LogP contribution in [0.3, 0.4) is 0 Å². The second kappa shape index (κ2) is 8.70. The molecule has 0 radical (unpaired) electrons. The van der Waals surface area contributed by atoms with Crippen LogP contribution >= 0.6 is 0 Å². The molecule has 0 fully saturated rings. The van der Waals surface area contributed by atoms with Gasteiger partial charge in [0.2, 0.25) is 11.6 Å². The SMILES string of the molecule is CCOC(=O)c1nnn(CC(=O)Nc2ccccc2F)c1C(=O)OCC. The summed E-state index contributed by atoms with van der Waals surface area (Å²) in [5.74, 6) is -3.02. The van der Waals surface area contributed by atoms with Crippen LogP contribution in [0.15, 0.2) is 24.3 Å². The molecular formula is C16H17FN4O5. The third kappa shape index (κ3) is 4.41. The van der Waals surface area contributed by atoms with E-state index in [9.17, 15) is 18.8 Å². The molecule has 0 unspecified atom stereocenters. The fourth-order valence-electron chi connectivity index (χ4n) is 2.05. The van der Waals surface area contributed by atoms with Crippen molar-refractivity contribution in [3.63, 3.8) is 0 Å². The molecule has 9 nitrogen and oxygen atoms in total. The number of aromatic nitrogens is 3. The maximum absolute atomic E-state index is 13.6. The number of hydrogen-bond donors (Lipinski definition) is 1. The lowest BCUT2D eigenvalue weighted by Gasteiger charge is -2.08. The van der Waals surface area contributed by atoms with Gasteiger partial charge < -0.3 is 14.8 Å². The van der Waals surface area contributed by atoms with Crippen LogP contribution in [0.5, 0.6) is 0 Å². The summed E-state index contributed by atoms with van der Waals surface area (Å²) in [7, 11) is 0. The van der Waals surface area contributed by atoms with Gasteiger partial charge >= 0.3 is 11.9 Å². The molecule has 0 spiro atoms. The summed E-state index contributed by atoms with van der Waals surface area (Å²) in [4.78, 5) is 36.2. The zero-order valence-electron chi connectivity index (χ0n) is 14.2. The van der Waals surface area contributed by atoms with E-state index in [1.54, 1.807) is 19.9 Å². The minimum Gasteiger partial charge on any atom is -0.461 e. The first-order chi connectivity index (χ1) is 12.5. The van der Waals surface area contributed by atoms with Gasteiger partial charge in [0.25, 0.3) is 0 Å². The number of nitrogens with zero attached hydrogens (tertiary/aromatic N) is 3. The number of carbonyl (C=O) groups is 3. The van der Waals surface area contributed by atoms with Crippen LogP contribution in [0.2, 0.25) is 0 Å². The van der Waals surface area contributed by atoms with E-state index < -0.39 is 30.2 Å². The van der Waals surface area contributed by atoms with E-state index in [-0.39, 0.29) is 30.3 Å². The molecule has 0 aliphatic heterocycles. The van der Waals surface area contributed by atoms with E-state index in [4.69, 9.17) is 9.47 Å². The largest absolute Gasteiger partial charge is 0.461 e. The van der Waals surface area contributed by atoms with Crippen molar-refractivity contribution in [1.29, 1.82) is 0 Å². The van der Waals surface area contributed by atoms with Crippen LogP contribution in [0.1, 0.15) is 34.8 Å². The predicted molar refractivity (Wildman–Crippen MR) is 87.0 cm³/mol. The van der Waals surface area contributed by atoms with Gasteiger partial charge in [0.1, 0.15) is 12.4 Å². The van der Waals surface area contributed by atoms with Crippen LogP contribution in [0.25, 0.3) is 0 Å². The average Bonchev–Trinajstić information content (AvgIpc) is 3.01. The maximum Gasteiger partial charge on any atom is 0.361 e. The number of halogens is 1. The number of hydrogen-bond acceptors (Lipinski definition) is 7. The molecular weight excluding hydrogens is 347 g/mol. The molecule has 0 bridgehead atoms. The Labute approximate surface area is 148 Å². The number of esters is 2. The molecule has 138 valence electrons. The van der Waals surface area contributed by atoms with Gasteiger partial charge in [-0.25, -0.2) is 18.7 Å². The average molecular weight is 364 g/mol. The molecule has 0 saturated heterocycles. The monoisotopic (exact) mass is 364 g/mol. The predicted octanol–water partition coefficient (Wildman–Crippen LogP) is 1.41. The first kappa shape index (κ1) is 19.0. The van der Waals surface area contributed by atoms with Crippen LogP contribution < -0.4 is 5.32 Å². The van der Waals surface area contributed by atoms with Gasteiger partial charge in [-0.1, -0.05) is 17.3 Å². The number of nitrogens with one attached hydrogen (secondary N) is 1. The second-order valence-electron chi connectivity index (χ2n) is 4.91. The van der Waals surface area contributed by atoms with Gasteiger partial charge in [0, 0.05) is 0 Å². The smallest absolute Gasteiger partial charge is 0.361 e. The van der Waals surface area contributed by atoms with Crippen molar-refractivity contribution in [3.05, 3.63) is 41.5 Å². The summed E-state index contributed by atoms with van der Waals surface area (Å²) in [6.45, 7) is 2.82. The molecule has 2 rings (SSSR count). The molecule has 2 aromatic rings. The van der Waals surface area contributed by atoms with Gasteiger partial charge in [-0.05, 0) is 26.0 Å². The first-order valence-electron chi connectivity index (χ1n) is 7.80. The Kier molecular flexibility index (Phi) is 6.36. The number of ether oxygens (including phenoxy) is 2. The van der Waals surface area contributed by atoms with Crippen molar-refractivity contribution in [3.8, 4) is 0 Å². The third-order valence-corrected chi connectivity index (χ3v) is 3.11. The Bertz CT molecular complexity index is 821. The molecule has 1 N–H and O–H groups in total. The number of anilines is 1. The molecule has 0 aliphatic rings. The second-order valence-corrected chi connectivity index (χ2v) is 4.91. The van der Waals surface area contributed by atoms with Gasteiger partial charge in [0.05, 0.1) is 18.9 Å². The zero-order chi connectivity index (χ0) is 19.1. The van der Waals surface area contributed by atoms with Crippen molar-refractivity contribution in [2.75, 3.05) is 18.5 Å². The number of para-hydroxylation sites is 1. The summed E-state index contributed by atoms with van der Waals surface area (Å²) < 4.78 is 24.2. The summed E-state index contributed by atoms with van der Waals surface area (Å²) in [6.07, 6.45) is 0. The van der Waals surface area contributed by atoms with E-state index in [0.717, 1.165) is 4.68 Å². The molecule has 1 heterocycles. The number of rotatable bonds is 7. The lowest BCUT2D eigenvalue weighted by Crippen LogP contribution is -2.24. The molecule has 1 aromatic carbocycles. The molecule has 10 heteroatoms. The third-order valence-electron chi connectivity index (χ3n) is 3.11. The lowest BCUT2D eigenvalue weighted by molar-refractivity contribution is -0.117. The summed E-state index contributed by atoms with van der Waals surface area (Å²) in [6, 6.07) is 5.60. The van der Waals surface area contributed by atoms with Gasteiger partial charge in [-0.2, -0.15) is 0 Å². The van der Waals surface area contributed by atoms with Gasteiger partial charge in [-0.15, -0.1) is 5.10 Å². The first-order valence-corrected chi connectivity index (χ1v) is 7.80. The van der Waals surface area contributed by atoms with Crippen molar-refractivity contribution in [2.24, 2.45) is 0 Å². The quantitative estimate of drug-likeness (QED) is 0.739. The van der Waals surface area contributed by atoms with Gasteiger partial charge in [-0.3, -0.25) is 4.79 Å². The van der Waals surface area contributed by atoms with E-state index in [1.807, 2.05) is 0 Å². The maximum atomic E-state index is 13.6. The zero-order valence-corrected chi connectivity index (χ0v) is 14.2. The minimum atomic E-state index is -0.876. The highest BCUT2D eigenvalue weighted by Crippen LogP contribution is 2.13. The Morgan fingerprint density at radius 2 is 1.77 bits per heavy atom. The van der Waals surface area contributed by atoms with E-state index in [1.165, 1.54) is 18.2 Å². The van der Waals surface area contributed by atoms with Crippen molar-refractivity contribution in [1.82, 2.24) is 15.0 Å². The fourth-order valence-corrected chi connectivity index (χ4v) is 2.05. The molecule has 26 heavy (non-hydrogen) atoms. The Balaban J connectivity index is 2.25. The highest BCUT2D eigenvalue weighted by Gasteiger charge is 2.28. The number of carbonyl (C=O) groups excluding carboxylic acids is 3. The Hall–Kier alpha value is -3.30. The highest BCUT2D eigenvalue weighted by molar-refractivity contribution is 6.01. The topological polar surface area (TPSA) is 112 Å². The van der Waals surface area contributed by atoms with Crippen LogP contribution in [0.4, 0.5) is 10.1 Å². The van der Waals surface area contributed by atoms with E-state index >= 15 is 0 Å². The van der Waals surface area contributed by atoms with Gasteiger partial charge in [0.15, 0.2) is 5.69 Å². The van der Waals surface area contributed by atoms with Crippen LogP contribution in [-0.2, 0) is 20.8 Å². The molecule has 0 saturated carbocycles. The van der Waals surface area contributed by atoms with Crippen LogP contribution in [-0.4, -0.2) is 46.1 Å². The summed E-state index contributed by atoms with van der Waals surface area (Å²) in [5, 5.41) is 9.59. The van der Waals surface area contributed by atoms with Crippen molar-refractivity contribution >= 4 is 23.5 Å².